The first-order valence-electron chi connectivity index (χ1n) is 13.6. The van der Waals surface area contributed by atoms with Gasteiger partial charge in [-0.25, -0.2) is 0 Å². The Morgan fingerprint density at radius 2 is 1.61 bits per heavy atom. The molecule has 6 heteroatoms. The van der Waals surface area contributed by atoms with Gasteiger partial charge in [-0.15, -0.1) is 0 Å². The van der Waals surface area contributed by atoms with Gasteiger partial charge in [-0.05, 0) is 150 Å². The lowest BCUT2D eigenvalue weighted by Crippen LogP contribution is -2.48. The number of hydrogen-bond donors (Lipinski definition) is 2. The van der Waals surface area contributed by atoms with Gasteiger partial charge in [0.25, 0.3) is 0 Å². The van der Waals surface area contributed by atoms with Crippen molar-refractivity contribution < 1.29 is 10.2 Å². The fourth-order valence-corrected chi connectivity index (χ4v) is 9.83. The molecule has 3 aromatic carbocycles. The fraction of sp³-hybridized carbons (Fsp3) is 0.406. The summed E-state index contributed by atoms with van der Waals surface area (Å²) in [6.07, 6.45) is 9.70. The molecule has 0 radical (unpaired) electrons. The van der Waals surface area contributed by atoms with Gasteiger partial charge in [0.15, 0.2) is 0 Å². The second kappa shape index (κ2) is 10.3. The number of phenols is 2. The molecule has 3 aromatic rings. The van der Waals surface area contributed by atoms with Crippen LogP contribution in [-0.4, -0.2) is 23.5 Å². The predicted molar refractivity (Wildman–Crippen MR) is 172 cm³/mol. The first kappa shape index (κ1) is 26.4. The molecule has 0 unspecified atom stereocenters. The van der Waals surface area contributed by atoms with Gasteiger partial charge in [-0.1, -0.05) is 18.2 Å². The third-order valence-corrected chi connectivity index (χ3v) is 10.5. The highest BCUT2D eigenvalue weighted by Gasteiger charge is 2.52. The molecular formula is C32H34I2N2O2. The quantitative estimate of drug-likeness (QED) is 0.198. The van der Waals surface area contributed by atoms with E-state index in [9.17, 15) is 10.2 Å². The van der Waals surface area contributed by atoms with Crippen molar-refractivity contribution in [2.75, 3.05) is 11.9 Å². The van der Waals surface area contributed by atoms with E-state index in [1.807, 2.05) is 43.6 Å². The second-order valence-corrected chi connectivity index (χ2v) is 14.4. The van der Waals surface area contributed by atoms with Crippen molar-refractivity contribution in [2.45, 2.75) is 57.4 Å². The maximum atomic E-state index is 11.6. The Kier molecular flexibility index (Phi) is 7.16. The average molecular weight is 732 g/mol. The number of halogens is 2. The maximum absolute atomic E-state index is 11.6. The molecule has 4 bridgehead atoms. The van der Waals surface area contributed by atoms with Crippen molar-refractivity contribution in [1.29, 1.82) is 0 Å². The van der Waals surface area contributed by atoms with Crippen LogP contribution in [0.3, 0.4) is 0 Å². The van der Waals surface area contributed by atoms with E-state index in [-0.39, 0.29) is 5.41 Å². The number of rotatable bonds is 6. The molecule has 198 valence electrons. The first-order chi connectivity index (χ1) is 18.2. The molecule has 4 saturated carbocycles. The number of hydrogen-bond acceptors (Lipinski definition) is 4. The molecule has 4 aliphatic rings. The van der Waals surface area contributed by atoms with Crippen molar-refractivity contribution in [3.8, 4) is 11.5 Å². The Bertz CT molecular complexity index is 1380. The zero-order valence-corrected chi connectivity index (χ0v) is 26.2. The van der Waals surface area contributed by atoms with Crippen LogP contribution in [-0.2, 0) is 12.0 Å². The molecule has 0 amide bonds. The predicted octanol–water partition coefficient (Wildman–Crippen LogP) is 8.47. The Labute approximate surface area is 252 Å². The highest BCUT2D eigenvalue weighted by molar-refractivity contribution is 14.1. The number of para-hydroxylation sites is 2. The molecule has 4 nitrogen and oxygen atoms in total. The van der Waals surface area contributed by atoms with Gasteiger partial charge in [0.2, 0.25) is 0 Å². The summed E-state index contributed by atoms with van der Waals surface area (Å²) in [5.41, 5.74) is 5.99. The van der Waals surface area contributed by atoms with Crippen LogP contribution in [0.15, 0.2) is 53.5 Å². The number of aryl methyl sites for hydroxylation is 1. The molecule has 0 saturated heterocycles. The van der Waals surface area contributed by atoms with Gasteiger partial charge in [0.1, 0.15) is 11.5 Å². The lowest BCUT2D eigenvalue weighted by Gasteiger charge is -2.57. The summed E-state index contributed by atoms with van der Waals surface area (Å²) in [5.74, 6) is 3.25. The van der Waals surface area contributed by atoms with Gasteiger partial charge in [0, 0.05) is 40.1 Å². The molecule has 4 fully saturated rings. The highest BCUT2D eigenvalue weighted by atomic mass is 127. The van der Waals surface area contributed by atoms with Crippen LogP contribution >= 0.6 is 45.2 Å². The smallest absolute Gasteiger partial charge is 0.133 e. The third kappa shape index (κ3) is 4.95. The number of aromatic hydroxyl groups is 2. The summed E-state index contributed by atoms with van der Waals surface area (Å²) in [6, 6.07) is 16.4. The fourth-order valence-electron chi connectivity index (χ4n) is 7.87. The van der Waals surface area contributed by atoms with Crippen LogP contribution < -0.4 is 4.90 Å². The molecular weight excluding hydrogens is 698 g/mol. The highest BCUT2D eigenvalue weighted by Crippen LogP contribution is 2.62. The largest absolute Gasteiger partial charge is 0.507 e. The van der Waals surface area contributed by atoms with Crippen LogP contribution in [0.25, 0.3) is 0 Å². The van der Waals surface area contributed by atoms with Crippen molar-refractivity contribution >= 4 is 62.8 Å². The Morgan fingerprint density at radius 3 is 2.29 bits per heavy atom. The van der Waals surface area contributed by atoms with Gasteiger partial charge in [0.05, 0.1) is 14.9 Å². The molecule has 0 atom stereocenters. The lowest BCUT2D eigenvalue weighted by atomic mass is 9.48. The SMILES string of the molecule is Cc1cc(C=Nc2ccccc2N(C)Cc2cc(I)cc(I)c2O)c(O)c(C23CC4CC(CC(C4)C2)C3)c1. The summed E-state index contributed by atoms with van der Waals surface area (Å²) in [4.78, 5) is 7.01. The molecule has 0 spiro atoms. The number of benzene rings is 3. The first-order valence-corrected chi connectivity index (χ1v) is 15.7. The standard InChI is InChI=1S/C32H34I2N2O2/c1-19-7-23(30(37)26(8-19)32-14-20-9-21(15-32)11-22(10-20)16-32)17-35-28-5-3-4-6-29(28)36(2)18-24-12-25(33)13-27(34)31(24)38/h3-8,12-13,17,20-22,37-38H,9-11,14-16,18H2,1-2H3. The molecule has 38 heavy (non-hydrogen) atoms. The van der Waals surface area contributed by atoms with E-state index in [1.54, 1.807) is 0 Å². The monoisotopic (exact) mass is 732 g/mol. The molecule has 7 rings (SSSR count). The Hall–Kier alpha value is -1.81. The second-order valence-electron chi connectivity index (χ2n) is 11.9. The van der Waals surface area contributed by atoms with Crippen LogP contribution in [0.4, 0.5) is 11.4 Å². The van der Waals surface area contributed by atoms with Crippen molar-refractivity contribution in [3.05, 3.63) is 77.9 Å². The lowest BCUT2D eigenvalue weighted by molar-refractivity contribution is -0.00616. The van der Waals surface area contributed by atoms with E-state index >= 15 is 0 Å². The topological polar surface area (TPSA) is 56.1 Å². The average Bonchev–Trinajstić information content (AvgIpc) is 2.86. The van der Waals surface area contributed by atoms with Gasteiger partial charge < -0.3 is 15.1 Å². The maximum Gasteiger partial charge on any atom is 0.133 e. The zero-order valence-electron chi connectivity index (χ0n) is 21.9. The summed E-state index contributed by atoms with van der Waals surface area (Å²) in [7, 11) is 2.02. The number of phenolic OH excluding ortho intramolecular Hbond substituents is 2. The molecule has 0 heterocycles. The minimum Gasteiger partial charge on any atom is -0.507 e. The third-order valence-electron chi connectivity index (χ3n) is 9.04. The van der Waals surface area contributed by atoms with Gasteiger partial charge in [-0.2, -0.15) is 0 Å². The summed E-state index contributed by atoms with van der Waals surface area (Å²) in [6.45, 7) is 2.70. The molecule has 2 N–H and O–H groups in total. The minimum absolute atomic E-state index is 0.137. The van der Waals surface area contributed by atoms with E-state index in [4.69, 9.17) is 4.99 Å². The summed E-state index contributed by atoms with van der Waals surface area (Å²) >= 11 is 4.47. The van der Waals surface area contributed by atoms with Crippen LogP contribution in [0, 0.1) is 31.8 Å². The van der Waals surface area contributed by atoms with Gasteiger partial charge in [-0.3, -0.25) is 4.99 Å². The van der Waals surface area contributed by atoms with Crippen LogP contribution in [0.1, 0.15) is 60.8 Å². The normalized spacial score (nSPS) is 25.8. The molecule has 0 aromatic heterocycles. The Balaban J connectivity index is 1.30. The van der Waals surface area contributed by atoms with Crippen molar-refractivity contribution in [2.24, 2.45) is 22.7 Å². The van der Waals surface area contributed by atoms with Crippen molar-refractivity contribution in [1.82, 2.24) is 0 Å². The number of nitrogens with zero attached hydrogens (tertiary/aromatic N) is 2. The number of anilines is 1. The van der Waals surface area contributed by atoms with E-state index in [2.05, 4.69) is 75.2 Å². The summed E-state index contributed by atoms with van der Waals surface area (Å²) in [5, 5.41) is 22.2. The van der Waals surface area contributed by atoms with E-state index in [1.165, 1.54) is 44.1 Å². The van der Waals surface area contributed by atoms with Gasteiger partial charge >= 0.3 is 0 Å². The summed E-state index contributed by atoms with van der Waals surface area (Å²) < 4.78 is 1.96. The number of aliphatic imine (C=N–C) groups is 1. The van der Waals surface area contributed by atoms with Crippen LogP contribution in [0.2, 0.25) is 0 Å². The van der Waals surface area contributed by atoms with Crippen LogP contribution in [0.5, 0.6) is 11.5 Å². The van der Waals surface area contributed by atoms with Crippen molar-refractivity contribution in [3.63, 3.8) is 0 Å². The van der Waals surface area contributed by atoms with E-state index < -0.39 is 0 Å². The zero-order chi connectivity index (χ0) is 26.6. The minimum atomic E-state index is 0.137. The van der Waals surface area contributed by atoms with E-state index in [0.29, 0.717) is 18.0 Å². The van der Waals surface area contributed by atoms with E-state index in [0.717, 1.165) is 53.0 Å². The molecule has 4 aliphatic carbocycles. The molecule has 0 aliphatic heterocycles. The Morgan fingerprint density at radius 1 is 0.947 bits per heavy atom.